The van der Waals surface area contributed by atoms with Crippen molar-refractivity contribution in [3.05, 3.63) is 23.8 Å². The zero-order valence-corrected chi connectivity index (χ0v) is 14.3. The molecule has 0 radical (unpaired) electrons. The van der Waals surface area contributed by atoms with Gasteiger partial charge in [-0.05, 0) is 24.6 Å². The van der Waals surface area contributed by atoms with E-state index in [1.165, 1.54) is 16.3 Å². The van der Waals surface area contributed by atoms with Gasteiger partial charge in [-0.1, -0.05) is 17.8 Å². The van der Waals surface area contributed by atoms with Crippen molar-refractivity contribution >= 4 is 32.9 Å². The Bertz CT molecular complexity index is 755. The number of carbonyl (C=O) groups is 2. The van der Waals surface area contributed by atoms with Crippen LogP contribution in [0.5, 0.6) is 5.75 Å². The molecule has 1 aromatic rings. The summed E-state index contributed by atoms with van der Waals surface area (Å²) in [6.07, 6.45) is 0. The summed E-state index contributed by atoms with van der Waals surface area (Å²) in [4.78, 5) is 24.6. The number of benzene rings is 1. The number of imide groups is 1. The van der Waals surface area contributed by atoms with Gasteiger partial charge in [-0.3, -0.25) is 14.5 Å². The summed E-state index contributed by atoms with van der Waals surface area (Å²) in [6.45, 7) is 2.05. The van der Waals surface area contributed by atoms with Crippen molar-refractivity contribution in [2.75, 3.05) is 26.0 Å². The molecule has 0 N–H and O–H groups in total. The molecule has 7 nitrogen and oxygen atoms in total. The molecular weight excluding hydrogens is 340 g/mol. The minimum Gasteiger partial charge on any atom is -0.495 e. The highest BCUT2D eigenvalue weighted by atomic mass is 32.2. The quantitative estimate of drug-likeness (QED) is 0.802. The van der Waals surface area contributed by atoms with Gasteiger partial charge in [-0.15, -0.1) is 0 Å². The van der Waals surface area contributed by atoms with Crippen LogP contribution >= 0.6 is 11.8 Å². The predicted octanol–water partition coefficient (Wildman–Crippen LogP) is 1.07. The first-order valence-corrected chi connectivity index (χ1v) is 9.41. The van der Waals surface area contributed by atoms with E-state index < -0.39 is 10.0 Å². The van der Waals surface area contributed by atoms with Crippen LogP contribution in [-0.2, 0) is 14.8 Å². The molecule has 0 unspecified atom stereocenters. The maximum Gasteiger partial charge on any atom is 0.289 e. The Balaban J connectivity index is 1.80. The summed E-state index contributed by atoms with van der Waals surface area (Å²) in [7, 11) is -2.29. The van der Waals surface area contributed by atoms with E-state index in [2.05, 4.69) is 0 Å². The smallest absolute Gasteiger partial charge is 0.289 e. The third-order valence-electron chi connectivity index (χ3n) is 3.92. The van der Waals surface area contributed by atoms with E-state index in [1.807, 2.05) is 0 Å². The van der Waals surface area contributed by atoms with E-state index in [-0.39, 0.29) is 46.7 Å². The number of ether oxygens (including phenoxy) is 1. The van der Waals surface area contributed by atoms with Crippen LogP contribution in [0.3, 0.4) is 0 Å². The molecule has 0 spiro atoms. The third-order valence-corrected chi connectivity index (χ3v) is 6.60. The fourth-order valence-electron chi connectivity index (χ4n) is 2.62. The molecule has 23 heavy (non-hydrogen) atoms. The number of rotatable bonds is 4. The second-order valence-corrected chi connectivity index (χ2v) is 8.28. The summed E-state index contributed by atoms with van der Waals surface area (Å²) in [5, 5.41) is -0.301. The Hall–Kier alpha value is -1.58. The highest BCUT2D eigenvalue weighted by molar-refractivity contribution is 8.14. The molecule has 2 fully saturated rings. The van der Waals surface area contributed by atoms with E-state index in [0.29, 0.717) is 0 Å². The molecule has 0 aromatic heterocycles. The van der Waals surface area contributed by atoms with Crippen molar-refractivity contribution in [1.82, 2.24) is 9.21 Å². The molecule has 1 aromatic carbocycles. The van der Waals surface area contributed by atoms with Crippen molar-refractivity contribution in [2.24, 2.45) is 0 Å². The van der Waals surface area contributed by atoms with Crippen LogP contribution in [-0.4, -0.2) is 60.8 Å². The Kier molecular flexibility index (Phi) is 4.11. The molecule has 3 rings (SSSR count). The second-order valence-electron chi connectivity index (χ2n) is 5.45. The Morgan fingerprint density at radius 1 is 1.26 bits per heavy atom. The summed E-state index contributed by atoms with van der Waals surface area (Å²) in [5.41, 5.74) is 0.808. The van der Waals surface area contributed by atoms with Gasteiger partial charge in [0.2, 0.25) is 15.9 Å². The maximum atomic E-state index is 12.7. The molecular formula is C14H16N2O5S2. The van der Waals surface area contributed by atoms with E-state index in [9.17, 15) is 18.0 Å². The minimum absolute atomic E-state index is 0.104. The van der Waals surface area contributed by atoms with Gasteiger partial charge in [-0.2, -0.15) is 4.31 Å². The number of amides is 2. The lowest BCUT2D eigenvalue weighted by molar-refractivity contribution is -0.127. The predicted molar refractivity (Wildman–Crippen MR) is 85.0 cm³/mol. The number of thioether (sulfide) groups is 1. The monoisotopic (exact) mass is 356 g/mol. The average molecular weight is 356 g/mol. The summed E-state index contributed by atoms with van der Waals surface area (Å²) in [5.74, 6) is 0.159. The molecule has 9 heteroatoms. The molecule has 2 saturated heterocycles. The summed E-state index contributed by atoms with van der Waals surface area (Å²) in [6, 6.07) is 4.57. The summed E-state index contributed by atoms with van der Waals surface area (Å²) >= 11 is 0.954. The van der Waals surface area contributed by atoms with Gasteiger partial charge in [-0.25, -0.2) is 8.42 Å². The average Bonchev–Trinajstić information content (AvgIpc) is 2.78. The van der Waals surface area contributed by atoms with Crippen molar-refractivity contribution in [1.29, 1.82) is 0 Å². The van der Waals surface area contributed by atoms with E-state index in [4.69, 9.17) is 4.74 Å². The van der Waals surface area contributed by atoms with Crippen molar-refractivity contribution in [3.8, 4) is 5.75 Å². The zero-order valence-electron chi connectivity index (χ0n) is 12.7. The first-order valence-electron chi connectivity index (χ1n) is 6.98. The SMILES string of the molecule is COc1ccc(C)cc1S(=O)(=O)N1CC(N2C(=O)CSC2=O)C1. The molecule has 0 atom stereocenters. The largest absolute Gasteiger partial charge is 0.495 e. The van der Waals surface area contributed by atoms with Gasteiger partial charge in [0.05, 0.1) is 18.9 Å². The fourth-order valence-corrected chi connectivity index (χ4v) is 5.15. The maximum absolute atomic E-state index is 12.7. The highest BCUT2D eigenvalue weighted by Crippen LogP contribution is 2.33. The highest BCUT2D eigenvalue weighted by Gasteiger charge is 2.46. The van der Waals surface area contributed by atoms with Gasteiger partial charge in [0.25, 0.3) is 5.24 Å². The number of hydrogen-bond donors (Lipinski definition) is 0. The van der Waals surface area contributed by atoms with Crippen molar-refractivity contribution < 1.29 is 22.7 Å². The molecule has 124 valence electrons. The molecule has 2 aliphatic rings. The number of methoxy groups -OCH3 is 1. The van der Waals surface area contributed by atoms with Gasteiger partial charge >= 0.3 is 0 Å². The van der Waals surface area contributed by atoms with Gasteiger partial charge in [0.1, 0.15) is 10.6 Å². The first kappa shape index (κ1) is 16.3. The number of carbonyl (C=O) groups excluding carboxylic acids is 2. The van der Waals surface area contributed by atoms with Crippen LogP contribution in [0.2, 0.25) is 0 Å². The summed E-state index contributed by atoms with van der Waals surface area (Å²) < 4.78 is 31.8. The van der Waals surface area contributed by atoms with Crippen LogP contribution in [0.4, 0.5) is 4.79 Å². The van der Waals surface area contributed by atoms with Gasteiger partial charge in [0, 0.05) is 13.1 Å². The topological polar surface area (TPSA) is 84.0 Å². The number of nitrogens with zero attached hydrogens (tertiary/aromatic N) is 2. The molecule has 2 amide bonds. The zero-order chi connectivity index (χ0) is 16.8. The molecule has 0 aliphatic carbocycles. The van der Waals surface area contributed by atoms with E-state index in [1.54, 1.807) is 25.1 Å². The Morgan fingerprint density at radius 3 is 2.52 bits per heavy atom. The van der Waals surface area contributed by atoms with Gasteiger partial charge < -0.3 is 4.74 Å². The molecule has 2 aliphatic heterocycles. The van der Waals surface area contributed by atoms with Crippen LogP contribution < -0.4 is 4.74 Å². The van der Waals surface area contributed by atoms with Gasteiger partial charge in [0.15, 0.2) is 0 Å². The molecule has 2 heterocycles. The minimum atomic E-state index is -3.71. The van der Waals surface area contributed by atoms with E-state index >= 15 is 0 Å². The van der Waals surface area contributed by atoms with E-state index in [0.717, 1.165) is 17.3 Å². The lowest BCUT2D eigenvalue weighted by Gasteiger charge is -2.41. The van der Waals surface area contributed by atoms with Crippen LogP contribution in [0, 0.1) is 6.92 Å². The van der Waals surface area contributed by atoms with Crippen LogP contribution in [0.15, 0.2) is 23.1 Å². The molecule has 0 saturated carbocycles. The standard InChI is InChI=1S/C14H16N2O5S2/c1-9-3-4-11(21-2)12(5-9)23(19,20)15-6-10(7-15)16-13(17)8-22-14(16)18/h3-5,10H,6-8H2,1-2H3. The number of aryl methyl sites for hydroxylation is 1. The second kappa shape index (κ2) is 5.81. The van der Waals surface area contributed by atoms with Crippen LogP contribution in [0.1, 0.15) is 5.56 Å². The number of sulfonamides is 1. The molecule has 0 bridgehead atoms. The third kappa shape index (κ3) is 2.73. The van der Waals surface area contributed by atoms with Crippen molar-refractivity contribution in [3.63, 3.8) is 0 Å². The normalized spacial score (nSPS) is 20.0. The Morgan fingerprint density at radius 2 is 1.96 bits per heavy atom. The Labute approximate surface area is 138 Å². The number of hydrogen-bond acceptors (Lipinski definition) is 6. The first-order chi connectivity index (χ1) is 10.8. The fraction of sp³-hybridized carbons (Fsp3) is 0.429. The lowest BCUT2D eigenvalue weighted by Crippen LogP contribution is -2.61. The van der Waals surface area contributed by atoms with Crippen molar-refractivity contribution in [2.45, 2.75) is 17.9 Å². The lowest BCUT2D eigenvalue weighted by atomic mass is 10.1. The van der Waals surface area contributed by atoms with Crippen LogP contribution in [0.25, 0.3) is 0 Å².